The standard InChI is InChI=1S/C27H25F3N3O6PS2/c28-27(29,30)24-16-23(10-8-21(24)18-31)39-40(34,35)19-32-42(36,37)26-15-20-7-9-22(17-25(20)41-26)38-14-6-2-5-13-33-11-3-1-4-12-33/h1,3-4,7-12,15-17,32H,2,5-6,13-14,19H2/p+1. The zero-order valence-corrected chi connectivity index (χ0v) is 24.5. The van der Waals surface area contributed by atoms with E-state index < -0.39 is 47.0 Å². The first-order valence-electron chi connectivity index (χ1n) is 12.6. The number of nitriles is 1. The van der Waals surface area contributed by atoms with Gasteiger partial charge in [-0.1, -0.05) is 6.07 Å². The van der Waals surface area contributed by atoms with E-state index in [0.717, 1.165) is 49.3 Å². The van der Waals surface area contributed by atoms with Crippen LogP contribution in [-0.2, 0) is 27.3 Å². The molecule has 4 aromatic rings. The van der Waals surface area contributed by atoms with Crippen LogP contribution in [0.3, 0.4) is 0 Å². The van der Waals surface area contributed by atoms with Gasteiger partial charge in [0.05, 0.1) is 23.8 Å². The molecule has 2 aromatic heterocycles. The van der Waals surface area contributed by atoms with E-state index in [4.69, 9.17) is 14.5 Å². The van der Waals surface area contributed by atoms with Crippen molar-refractivity contribution in [2.75, 3.05) is 12.9 Å². The SMILES string of the molecule is N#Cc1ccc(OP(=O)(O)CNS(=O)(=O)c2cc3ccc(OCCCCC[n+]4ccccc4)cc3s2)cc1C(F)(F)F. The second-order valence-corrected chi connectivity index (χ2v) is 14.0. The highest BCUT2D eigenvalue weighted by Crippen LogP contribution is 2.44. The Bertz CT molecular complexity index is 1740. The van der Waals surface area contributed by atoms with Crippen molar-refractivity contribution in [1.29, 1.82) is 5.26 Å². The lowest BCUT2D eigenvalue weighted by atomic mass is 10.1. The number of aryl methyl sites for hydroxylation is 1. The number of hydrogen-bond acceptors (Lipinski definition) is 7. The Morgan fingerprint density at radius 3 is 2.48 bits per heavy atom. The molecule has 4 rings (SSSR count). The number of nitrogens with one attached hydrogen (secondary N) is 1. The number of halogens is 3. The van der Waals surface area contributed by atoms with Crippen molar-refractivity contribution in [2.45, 2.75) is 36.2 Å². The molecule has 0 fully saturated rings. The molecule has 2 N–H and O–H groups in total. The fraction of sp³-hybridized carbons (Fsp3) is 0.259. The number of alkyl halides is 3. The van der Waals surface area contributed by atoms with E-state index in [-0.39, 0.29) is 4.21 Å². The van der Waals surface area contributed by atoms with Crippen LogP contribution in [0.5, 0.6) is 11.5 Å². The van der Waals surface area contributed by atoms with Crippen molar-refractivity contribution in [3.05, 3.63) is 84.2 Å². The van der Waals surface area contributed by atoms with Gasteiger partial charge in [0.1, 0.15) is 28.5 Å². The van der Waals surface area contributed by atoms with Crippen molar-refractivity contribution < 1.29 is 44.9 Å². The third-order valence-corrected chi connectivity index (χ3v) is 10.2. The third kappa shape index (κ3) is 8.53. The summed E-state index contributed by atoms with van der Waals surface area (Å²) in [7, 11) is -9.03. The van der Waals surface area contributed by atoms with E-state index in [2.05, 4.69) is 4.57 Å². The Morgan fingerprint density at radius 2 is 1.76 bits per heavy atom. The van der Waals surface area contributed by atoms with Crippen LogP contribution in [0.2, 0.25) is 0 Å². The molecule has 9 nitrogen and oxygen atoms in total. The summed E-state index contributed by atoms with van der Waals surface area (Å²) in [4.78, 5) is 10.1. The van der Waals surface area contributed by atoms with Gasteiger partial charge < -0.3 is 14.2 Å². The highest BCUT2D eigenvalue weighted by molar-refractivity contribution is 7.92. The maximum Gasteiger partial charge on any atom is 0.417 e. The van der Waals surface area contributed by atoms with Crippen molar-refractivity contribution in [3.63, 3.8) is 0 Å². The Hall–Kier alpha value is -3.47. The quantitative estimate of drug-likeness (QED) is 0.107. The van der Waals surface area contributed by atoms with Crippen molar-refractivity contribution in [2.24, 2.45) is 0 Å². The smallest absolute Gasteiger partial charge is 0.417 e. The van der Waals surface area contributed by atoms with Crippen LogP contribution in [-0.4, -0.2) is 26.2 Å². The number of rotatable bonds is 13. The van der Waals surface area contributed by atoms with Gasteiger partial charge in [-0.25, -0.2) is 17.5 Å². The molecule has 1 atom stereocenters. The molecule has 0 aliphatic heterocycles. The van der Waals surface area contributed by atoms with Gasteiger partial charge in [-0.3, -0.25) is 0 Å². The molecule has 1 unspecified atom stereocenters. The second kappa shape index (κ2) is 13.2. The molecule has 0 saturated carbocycles. The number of benzene rings is 2. The maximum atomic E-state index is 13.2. The van der Waals surface area contributed by atoms with Gasteiger partial charge in [-0.05, 0) is 60.7 Å². The third-order valence-electron chi connectivity index (χ3n) is 5.96. The largest absolute Gasteiger partial charge is 0.494 e. The van der Waals surface area contributed by atoms with E-state index in [9.17, 15) is 31.0 Å². The highest BCUT2D eigenvalue weighted by Gasteiger charge is 2.35. The lowest BCUT2D eigenvalue weighted by Crippen LogP contribution is -2.32. The number of nitrogens with zero attached hydrogens (tertiary/aromatic N) is 2. The molecule has 0 aliphatic carbocycles. The number of fused-ring (bicyclic) bond motifs is 1. The van der Waals surface area contributed by atoms with Crippen LogP contribution < -0.4 is 18.5 Å². The fourth-order valence-corrected chi connectivity index (χ4v) is 7.87. The molecular formula is C27H26F3N3O6PS2+. The van der Waals surface area contributed by atoms with Crippen molar-refractivity contribution in [1.82, 2.24) is 4.72 Å². The van der Waals surface area contributed by atoms with Crippen LogP contribution in [0.25, 0.3) is 10.1 Å². The minimum absolute atomic E-state index is 0.134. The average Bonchev–Trinajstić information content (AvgIpc) is 3.38. The molecule has 0 radical (unpaired) electrons. The van der Waals surface area contributed by atoms with Gasteiger partial charge >= 0.3 is 13.8 Å². The predicted molar refractivity (Wildman–Crippen MR) is 150 cm³/mol. The summed E-state index contributed by atoms with van der Waals surface area (Å²) in [6.45, 7) is 1.41. The Labute approximate surface area is 244 Å². The molecule has 15 heteroatoms. The van der Waals surface area contributed by atoms with Crippen LogP contribution in [0.15, 0.2) is 77.3 Å². The molecule has 42 heavy (non-hydrogen) atoms. The zero-order chi connectivity index (χ0) is 30.4. The van der Waals surface area contributed by atoms with E-state index >= 15 is 0 Å². The highest BCUT2D eigenvalue weighted by atomic mass is 32.2. The summed E-state index contributed by atoms with van der Waals surface area (Å²) in [6, 6.07) is 16.0. The lowest BCUT2D eigenvalue weighted by Gasteiger charge is -2.16. The number of unbranched alkanes of at least 4 members (excludes halogenated alkanes) is 2. The van der Waals surface area contributed by atoms with Crippen molar-refractivity contribution >= 4 is 39.0 Å². The normalized spacial score (nSPS) is 13.4. The summed E-state index contributed by atoms with van der Waals surface area (Å²) < 4.78 is 92.8. The molecule has 222 valence electrons. The summed E-state index contributed by atoms with van der Waals surface area (Å²) in [5.41, 5.74) is -2.04. The maximum absolute atomic E-state index is 13.2. The number of ether oxygens (including phenoxy) is 1. The van der Waals surface area contributed by atoms with Crippen LogP contribution in [0.4, 0.5) is 13.2 Å². The first kappa shape index (κ1) is 31.5. The first-order chi connectivity index (χ1) is 19.9. The molecule has 2 heterocycles. The Morgan fingerprint density at radius 1 is 1.02 bits per heavy atom. The van der Waals surface area contributed by atoms with E-state index in [1.165, 1.54) is 12.1 Å². The molecule has 0 amide bonds. The molecule has 2 aromatic carbocycles. The average molecular weight is 641 g/mol. The van der Waals surface area contributed by atoms with Crippen LogP contribution in [0.1, 0.15) is 30.4 Å². The summed E-state index contributed by atoms with van der Waals surface area (Å²) in [5.74, 6) is -0.0663. The topological polar surface area (TPSA) is 130 Å². The van der Waals surface area contributed by atoms with E-state index in [0.29, 0.717) is 28.5 Å². The summed E-state index contributed by atoms with van der Waals surface area (Å²) in [6.07, 6.45) is 0.860. The number of hydrogen-bond donors (Lipinski definition) is 2. The fourth-order valence-electron chi connectivity index (χ4n) is 3.90. The van der Waals surface area contributed by atoms with Gasteiger partial charge in [0.15, 0.2) is 12.4 Å². The van der Waals surface area contributed by atoms with E-state index in [1.807, 2.05) is 35.3 Å². The number of thiophene rings is 1. The van der Waals surface area contributed by atoms with Gasteiger partial charge in [-0.15, -0.1) is 11.3 Å². The Kier molecular flexibility index (Phi) is 9.91. The molecule has 0 bridgehead atoms. The van der Waals surface area contributed by atoms with E-state index in [1.54, 1.807) is 18.2 Å². The van der Waals surface area contributed by atoms with Gasteiger partial charge in [0, 0.05) is 23.3 Å². The van der Waals surface area contributed by atoms with Crippen LogP contribution in [0, 0.1) is 11.3 Å². The molecule has 0 aliphatic rings. The first-order valence-corrected chi connectivity index (χ1v) is 16.7. The zero-order valence-electron chi connectivity index (χ0n) is 22.0. The lowest BCUT2D eigenvalue weighted by molar-refractivity contribution is -0.697. The second-order valence-electron chi connectivity index (χ2n) is 9.14. The van der Waals surface area contributed by atoms with Gasteiger partial charge in [0.25, 0.3) is 10.0 Å². The molecule has 0 spiro atoms. The van der Waals surface area contributed by atoms with Crippen molar-refractivity contribution in [3.8, 4) is 17.6 Å². The number of pyridine rings is 1. The van der Waals surface area contributed by atoms with Crippen LogP contribution >= 0.6 is 18.9 Å². The molecular weight excluding hydrogens is 614 g/mol. The summed E-state index contributed by atoms with van der Waals surface area (Å²) in [5, 5.41) is 9.50. The minimum atomic E-state index is -4.90. The minimum Gasteiger partial charge on any atom is -0.494 e. The number of aromatic nitrogens is 1. The monoisotopic (exact) mass is 640 g/mol. The van der Waals surface area contributed by atoms with Gasteiger partial charge in [0.2, 0.25) is 0 Å². The summed E-state index contributed by atoms with van der Waals surface area (Å²) >= 11 is 0.926. The molecule has 0 saturated heterocycles. The number of sulfonamides is 1. The Balaban J connectivity index is 1.32. The van der Waals surface area contributed by atoms with Gasteiger partial charge in [-0.2, -0.15) is 23.2 Å². The predicted octanol–water partition coefficient (Wildman–Crippen LogP) is 5.83.